The van der Waals surface area contributed by atoms with Gasteiger partial charge in [-0.1, -0.05) is 0 Å². The molecule has 1 nitrogen and oxygen atoms in total. The van der Waals surface area contributed by atoms with Crippen molar-refractivity contribution in [3.63, 3.8) is 0 Å². The molecule has 0 saturated carbocycles. The van der Waals surface area contributed by atoms with Gasteiger partial charge in [0.1, 0.15) is 7.11 Å². The van der Waals surface area contributed by atoms with Crippen LogP contribution in [-0.4, -0.2) is 6.86 Å². The Morgan fingerprint density at radius 3 is 2.25 bits per heavy atom. The lowest BCUT2D eigenvalue weighted by Crippen LogP contribution is -1.66. The van der Waals surface area contributed by atoms with E-state index < -0.39 is 6.86 Å². The predicted molar refractivity (Wildman–Crippen MR) is 11.4 cm³/mol. The van der Waals surface area contributed by atoms with Crippen molar-refractivity contribution in [2.45, 2.75) is 0 Å². The summed E-state index contributed by atoms with van der Waals surface area (Å²) in [7, 11) is 4.15. The third kappa shape index (κ3) is 1.89. The average molecular weight is 62.0 g/mol. The van der Waals surface area contributed by atoms with Crippen LogP contribution in [0.25, 0.3) is 0 Å². The van der Waals surface area contributed by atoms with E-state index in [4.69, 9.17) is 0 Å². The van der Waals surface area contributed by atoms with Gasteiger partial charge in [-0.05, 0) is 0 Å². The summed E-state index contributed by atoms with van der Waals surface area (Å²) in [6, 6.07) is 0. The molecule has 0 unspecified atom stereocenters. The van der Waals surface area contributed by atoms with E-state index >= 15 is 0 Å². The highest BCUT2D eigenvalue weighted by atomic mass is 19.1. The summed E-state index contributed by atoms with van der Waals surface area (Å²) < 4.78 is 13.8. The fourth-order valence-electron chi connectivity index (χ4n) is 0. The van der Waals surface area contributed by atoms with Crippen LogP contribution in [0, 0.1) is 7.11 Å². The highest BCUT2D eigenvalue weighted by Gasteiger charge is 1.57. The van der Waals surface area contributed by atoms with Gasteiger partial charge < -0.3 is 4.74 Å². The Morgan fingerprint density at radius 1 is 2.00 bits per heavy atom. The minimum Gasteiger partial charge on any atom is -0.342 e. The Labute approximate surface area is 24.4 Å². The molecule has 0 aliphatic rings. The average Bonchev–Trinajstić information content (AvgIpc) is 1.37. The molecule has 24 valence electrons. The topological polar surface area (TPSA) is 9.23 Å². The van der Waals surface area contributed by atoms with Crippen LogP contribution in [0.3, 0.4) is 0 Å². The quantitative estimate of drug-likeness (QED) is 0.432. The summed E-state index contributed by atoms with van der Waals surface area (Å²) in [6.45, 7) is -0.903. The minimum atomic E-state index is -0.903. The second-order valence-corrected chi connectivity index (χ2v) is 0.276. The summed E-state index contributed by atoms with van der Waals surface area (Å²) in [4.78, 5) is 0. The molecule has 0 fully saturated rings. The Morgan fingerprint density at radius 2 is 2.25 bits per heavy atom. The molecule has 0 aliphatic heterocycles. The van der Waals surface area contributed by atoms with Crippen LogP contribution in [0.1, 0.15) is 0 Å². The summed E-state index contributed by atoms with van der Waals surface area (Å²) in [5, 5.41) is 0. The van der Waals surface area contributed by atoms with Gasteiger partial charge in [-0.15, -0.1) is 0 Å². The Bertz CT molecular complexity index is 8.00. The molecule has 0 amide bonds. The summed E-state index contributed by atoms with van der Waals surface area (Å²) >= 11 is 0. The van der Waals surface area contributed by atoms with Gasteiger partial charge >= 0.3 is 0 Å². The zero-order chi connectivity index (χ0) is 3.41. The highest BCUT2D eigenvalue weighted by molar-refractivity contribution is 3.90. The first-order chi connectivity index (χ1) is 1.91. The van der Waals surface area contributed by atoms with Gasteiger partial charge in [0.25, 0.3) is 0 Å². The molecule has 0 spiro atoms. The Hall–Kier alpha value is -0.110. The van der Waals surface area contributed by atoms with Crippen molar-refractivity contribution in [3.8, 4) is 0 Å². The molecule has 0 aromatic heterocycles. The van der Waals surface area contributed by atoms with E-state index in [9.17, 15) is 4.39 Å². The maximum Gasteiger partial charge on any atom is 0.188 e. The molecular weight excluding hydrogens is 59.0 g/mol. The summed E-state index contributed by atoms with van der Waals surface area (Å²) in [6.07, 6.45) is 0. The smallest absolute Gasteiger partial charge is 0.188 e. The van der Waals surface area contributed by atoms with Crippen LogP contribution < -0.4 is 0 Å². The molecule has 0 aromatic carbocycles. The SMILES string of the molecule is [CH]OCF. The molecule has 0 atom stereocenters. The molecule has 0 heterocycles. The standard InChI is InChI=1S/C2H3FO/c1-4-2-3/h1H,2H2. The van der Waals surface area contributed by atoms with Crippen LogP contribution in [0.15, 0.2) is 0 Å². The fourth-order valence-corrected chi connectivity index (χ4v) is 0. The zero-order valence-corrected chi connectivity index (χ0v) is 2.07. The second-order valence-electron chi connectivity index (χ2n) is 0.276. The van der Waals surface area contributed by atoms with Gasteiger partial charge in [-0.25, -0.2) is 4.39 Å². The van der Waals surface area contributed by atoms with E-state index in [1.807, 2.05) is 0 Å². The summed E-state index contributed by atoms with van der Waals surface area (Å²) in [5.74, 6) is 0. The number of rotatable bonds is 1. The van der Waals surface area contributed by atoms with Gasteiger partial charge in [0.05, 0.1) is 0 Å². The van der Waals surface area contributed by atoms with E-state index in [-0.39, 0.29) is 0 Å². The van der Waals surface area contributed by atoms with E-state index in [0.29, 0.717) is 0 Å². The van der Waals surface area contributed by atoms with E-state index in [0.717, 1.165) is 0 Å². The summed E-state index contributed by atoms with van der Waals surface area (Å²) in [5.41, 5.74) is 0. The molecule has 2 radical (unpaired) electrons. The Balaban J connectivity index is 1.97. The van der Waals surface area contributed by atoms with Crippen molar-refractivity contribution in [2.75, 3.05) is 6.86 Å². The van der Waals surface area contributed by atoms with Crippen LogP contribution >= 0.6 is 0 Å². The number of alkyl halides is 1. The molecule has 4 heavy (non-hydrogen) atoms. The van der Waals surface area contributed by atoms with Gasteiger partial charge in [-0.3, -0.25) is 0 Å². The monoisotopic (exact) mass is 62.0 g/mol. The fraction of sp³-hybridized carbons (Fsp3) is 0.500. The van der Waals surface area contributed by atoms with Crippen molar-refractivity contribution in [3.05, 3.63) is 7.11 Å². The van der Waals surface area contributed by atoms with Crippen LogP contribution in [0.4, 0.5) is 4.39 Å². The highest BCUT2D eigenvalue weighted by Crippen LogP contribution is 1.61. The molecule has 2 heteroatoms. The minimum absolute atomic E-state index is 0.903. The van der Waals surface area contributed by atoms with E-state index in [1.165, 1.54) is 0 Å². The first-order valence-electron chi connectivity index (χ1n) is 0.792. The van der Waals surface area contributed by atoms with Crippen LogP contribution in [0.5, 0.6) is 0 Å². The van der Waals surface area contributed by atoms with Crippen molar-refractivity contribution in [1.82, 2.24) is 0 Å². The largest absolute Gasteiger partial charge is 0.342 e. The molecule has 0 aliphatic carbocycles. The second kappa shape index (κ2) is 2.89. The van der Waals surface area contributed by atoms with Crippen molar-refractivity contribution in [2.24, 2.45) is 0 Å². The first kappa shape index (κ1) is 3.89. The van der Waals surface area contributed by atoms with Gasteiger partial charge in [0, 0.05) is 0 Å². The third-order valence-electron chi connectivity index (χ3n) is 0.0630. The lowest BCUT2D eigenvalue weighted by molar-refractivity contribution is 0.135. The normalized spacial score (nSPS) is 7.50. The molecule has 0 aromatic rings. The maximum absolute atomic E-state index is 10.4. The maximum atomic E-state index is 10.4. The van der Waals surface area contributed by atoms with E-state index in [2.05, 4.69) is 11.8 Å². The molecule has 0 rings (SSSR count). The first-order valence-corrected chi connectivity index (χ1v) is 0.792. The molecule has 0 bridgehead atoms. The van der Waals surface area contributed by atoms with Crippen molar-refractivity contribution in [1.29, 1.82) is 0 Å². The molecular formula is C2H3FO. The number of halogens is 1. The van der Waals surface area contributed by atoms with E-state index in [1.54, 1.807) is 0 Å². The van der Waals surface area contributed by atoms with Crippen LogP contribution in [0.2, 0.25) is 0 Å². The number of hydrogen-bond donors (Lipinski definition) is 0. The lowest BCUT2D eigenvalue weighted by atomic mass is 11.5. The third-order valence-corrected chi connectivity index (χ3v) is 0.0630. The van der Waals surface area contributed by atoms with Crippen molar-refractivity contribution >= 4 is 0 Å². The molecule has 0 N–H and O–H groups in total. The predicted octanol–water partition coefficient (Wildman–Crippen LogP) is 0.599. The Kier molecular flexibility index (Phi) is 2.81. The van der Waals surface area contributed by atoms with Gasteiger partial charge in [0.15, 0.2) is 6.86 Å². The number of ether oxygens (including phenoxy) is 1. The van der Waals surface area contributed by atoms with Gasteiger partial charge in [-0.2, -0.15) is 0 Å². The zero-order valence-electron chi connectivity index (χ0n) is 2.07. The van der Waals surface area contributed by atoms with Crippen molar-refractivity contribution < 1.29 is 9.13 Å². The number of hydrogen-bond acceptors (Lipinski definition) is 1. The lowest BCUT2D eigenvalue weighted by Gasteiger charge is -1.71. The van der Waals surface area contributed by atoms with Gasteiger partial charge in [0.2, 0.25) is 0 Å². The van der Waals surface area contributed by atoms with Crippen LogP contribution in [-0.2, 0) is 4.74 Å². The molecule has 0 saturated heterocycles.